The number of aromatic nitrogens is 5. The van der Waals surface area contributed by atoms with Crippen LogP contribution in [0.3, 0.4) is 0 Å². The van der Waals surface area contributed by atoms with E-state index in [1.54, 1.807) is 6.20 Å². The summed E-state index contributed by atoms with van der Waals surface area (Å²) in [5.74, 6) is -2.97. The fourth-order valence-corrected chi connectivity index (χ4v) is 4.60. The molecule has 0 aliphatic heterocycles. The molecule has 13 heteroatoms. The minimum absolute atomic E-state index is 0. The van der Waals surface area contributed by atoms with E-state index in [1.165, 1.54) is 30.6 Å². The Kier molecular flexibility index (Phi) is 8.45. The summed E-state index contributed by atoms with van der Waals surface area (Å²) in [6, 6.07) is 2.27. The van der Waals surface area contributed by atoms with Gasteiger partial charge in [0.2, 0.25) is 0 Å². The van der Waals surface area contributed by atoms with Crippen molar-refractivity contribution in [3.63, 3.8) is 0 Å². The number of aliphatic carboxylic acids is 1. The maximum absolute atomic E-state index is 12.6. The number of nitrogens with one attached hydrogen (secondary N) is 3. The van der Waals surface area contributed by atoms with E-state index in [9.17, 15) is 18.0 Å². The topological polar surface area (TPSA) is 131 Å². The molecule has 0 atom stereocenters. The quantitative estimate of drug-likeness (QED) is 0.354. The van der Waals surface area contributed by atoms with Crippen LogP contribution in [0.5, 0.6) is 0 Å². The van der Waals surface area contributed by atoms with E-state index >= 15 is 0 Å². The highest BCUT2D eigenvalue weighted by molar-refractivity contribution is 7.12. The van der Waals surface area contributed by atoms with Crippen LogP contribution >= 0.6 is 11.3 Å². The number of aromatic amines is 2. The fourth-order valence-electron chi connectivity index (χ4n) is 3.79. The molecule has 1 amide bonds. The van der Waals surface area contributed by atoms with Crippen molar-refractivity contribution in [2.45, 2.75) is 51.7 Å². The maximum Gasteiger partial charge on any atom is 0.430 e. The van der Waals surface area contributed by atoms with Gasteiger partial charge in [-0.1, -0.05) is 26.7 Å². The SMILES string of the molecule is C.O=C(NC1CCCCC1)c1cc(-c2c[nH][n+]3cc(-c4cn[nH]c4)cnc23)cs1.O=C([O-])C(F)(F)F. The van der Waals surface area contributed by atoms with Crippen LogP contribution in [0.2, 0.25) is 0 Å². The highest BCUT2D eigenvalue weighted by atomic mass is 32.1. The van der Waals surface area contributed by atoms with E-state index in [1.807, 2.05) is 40.7 Å². The number of halogens is 3. The van der Waals surface area contributed by atoms with E-state index in [-0.39, 0.29) is 13.3 Å². The average molecular weight is 523 g/mol. The normalized spacial score (nSPS) is 14.0. The van der Waals surface area contributed by atoms with E-state index in [0.717, 1.165) is 45.6 Å². The molecule has 0 spiro atoms. The summed E-state index contributed by atoms with van der Waals surface area (Å²) in [5.41, 5.74) is 4.75. The summed E-state index contributed by atoms with van der Waals surface area (Å²) in [4.78, 5) is 26.7. The Hall–Kier alpha value is -3.74. The number of alkyl halides is 3. The standard InChI is InChI=1S/C20H20N6OS.C2HF3O2.CH4/c27-20(25-16-4-2-1-3-5-16)18-6-13(12-28-18)17-10-24-26-11-15(7-21-19(17)26)14-8-22-23-9-14;3-2(4,5)1(6)7;/h6-12,16H,1-5H2,(H2,22,23,25,27);(H,6,7);1H4. The zero-order valence-corrected chi connectivity index (χ0v) is 19.1. The van der Waals surface area contributed by atoms with E-state index in [4.69, 9.17) is 9.90 Å². The van der Waals surface area contributed by atoms with Crippen LogP contribution in [0.25, 0.3) is 27.9 Å². The lowest BCUT2D eigenvalue weighted by atomic mass is 9.95. The van der Waals surface area contributed by atoms with Gasteiger partial charge in [0.25, 0.3) is 5.91 Å². The molecule has 4 aromatic heterocycles. The van der Waals surface area contributed by atoms with Crippen LogP contribution in [0, 0.1) is 0 Å². The Morgan fingerprint density at radius 2 is 1.83 bits per heavy atom. The van der Waals surface area contributed by atoms with Gasteiger partial charge in [0.1, 0.15) is 12.2 Å². The number of nitrogens with zero attached hydrogens (tertiary/aromatic N) is 3. The van der Waals surface area contributed by atoms with Gasteiger partial charge in [0.05, 0.1) is 28.4 Å². The van der Waals surface area contributed by atoms with Crippen molar-refractivity contribution in [1.82, 2.24) is 25.6 Å². The van der Waals surface area contributed by atoms with Crippen LogP contribution in [-0.4, -0.2) is 44.4 Å². The summed E-state index contributed by atoms with van der Waals surface area (Å²) in [6.07, 6.45) is 10.0. The van der Waals surface area contributed by atoms with Gasteiger partial charge >= 0.3 is 11.8 Å². The molecule has 0 bridgehead atoms. The molecular weight excluding hydrogens is 497 g/mol. The first-order valence-electron chi connectivity index (χ1n) is 10.8. The molecule has 4 aromatic rings. The van der Waals surface area contributed by atoms with Crippen molar-refractivity contribution >= 4 is 28.9 Å². The second-order valence-electron chi connectivity index (χ2n) is 8.00. The Morgan fingerprint density at radius 3 is 2.47 bits per heavy atom. The molecule has 192 valence electrons. The van der Waals surface area contributed by atoms with E-state index in [0.29, 0.717) is 6.04 Å². The number of hydrogen-bond acceptors (Lipinski definition) is 6. The number of hydrogen-bond donors (Lipinski definition) is 3. The minimum Gasteiger partial charge on any atom is -0.542 e. The predicted octanol–water partition coefficient (Wildman–Crippen LogP) is 3.26. The number of carboxylic acid groups (broad SMARTS) is 1. The summed E-state index contributed by atoms with van der Waals surface area (Å²) in [7, 11) is 0. The van der Waals surface area contributed by atoms with Crippen LogP contribution in [0.15, 0.2) is 42.4 Å². The molecular formula is C23H25F3N6O3S. The van der Waals surface area contributed by atoms with Crippen molar-refractivity contribution in [2.24, 2.45) is 0 Å². The third-order valence-corrected chi connectivity index (χ3v) is 6.48. The number of rotatable bonds is 4. The van der Waals surface area contributed by atoms with Crippen LogP contribution < -0.4 is 14.9 Å². The van der Waals surface area contributed by atoms with Gasteiger partial charge in [-0.25, -0.2) is 5.10 Å². The molecule has 1 saturated carbocycles. The van der Waals surface area contributed by atoms with Crippen LogP contribution in [0.4, 0.5) is 13.2 Å². The van der Waals surface area contributed by atoms with Gasteiger partial charge in [-0.15, -0.1) is 15.9 Å². The Morgan fingerprint density at radius 1 is 1.11 bits per heavy atom. The number of carboxylic acids is 1. The second kappa shape index (κ2) is 11.3. The first kappa shape index (κ1) is 26.9. The summed E-state index contributed by atoms with van der Waals surface area (Å²) < 4.78 is 33.4. The summed E-state index contributed by atoms with van der Waals surface area (Å²) >= 11 is 1.48. The van der Waals surface area contributed by atoms with Gasteiger partial charge in [-0.3, -0.25) is 9.89 Å². The third kappa shape index (κ3) is 6.27. The highest BCUT2D eigenvalue weighted by Gasteiger charge is 2.28. The van der Waals surface area contributed by atoms with Crippen LogP contribution in [0.1, 0.15) is 49.2 Å². The molecule has 0 aromatic carbocycles. The highest BCUT2D eigenvalue weighted by Crippen LogP contribution is 2.28. The first-order valence-corrected chi connectivity index (χ1v) is 11.7. The van der Waals surface area contributed by atoms with Crippen LogP contribution in [-0.2, 0) is 4.79 Å². The van der Waals surface area contributed by atoms with Crippen molar-refractivity contribution in [1.29, 1.82) is 0 Å². The molecule has 36 heavy (non-hydrogen) atoms. The fraction of sp³-hybridized carbons (Fsp3) is 0.348. The number of carbonyl (C=O) groups excluding carboxylic acids is 2. The molecule has 4 heterocycles. The molecule has 5 rings (SSSR count). The molecule has 1 fully saturated rings. The molecule has 9 nitrogen and oxygen atoms in total. The number of thiophene rings is 1. The Bertz CT molecular complexity index is 1310. The van der Waals surface area contributed by atoms with Crippen molar-refractivity contribution in [3.05, 3.63) is 47.3 Å². The molecule has 0 radical (unpaired) electrons. The lowest BCUT2D eigenvalue weighted by Gasteiger charge is -2.22. The van der Waals surface area contributed by atoms with E-state index in [2.05, 4.69) is 25.6 Å². The zero-order chi connectivity index (χ0) is 25.0. The predicted molar refractivity (Wildman–Crippen MR) is 125 cm³/mol. The maximum atomic E-state index is 12.6. The van der Waals surface area contributed by atoms with Crippen molar-refractivity contribution in [2.75, 3.05) is 0 Å². The summed E-state index contributed by atoms with van der Waals surface area (Å²) in [6.45, 7) is 0. The van der Waals surface area contributed by atoms with Gasteiger partial charge in [-0.05, 0) is 29.3 Å². The zero-order valence-electron chi connectivity index (χ0n) is 18.3. The van der Waals surface area contributed by atoms with Crippen molar-refractivity contribution in [3.8, 4) is 22.3 Å². The Balaban J connectivity index is 0.000000400. The first-order chi connectivity index (χ1) is 16.7. The smallest absolute Gasteiger partial charge is 0.430 e. The van der Waals surface area contributed by atoms with Crippen molar-refractivity contribution < 1.29 is 32.4 Å². The van der Waals surface area contributed by atoms with Gasteiger partial charge < -0.3 is 15.2 Å². The molecule has 1 aliphatic rings. The molecule has 0 unspecified atom stereocenters. The van der Waals surface area contributed by atoms with Gasteiger partial charge in [-0.2, -0.15) is 18.3 Å². The monoisotopic (exact) mass is 522 g/mol. The minimum atomic E-state index is -5.19. The van der Waals surface area contributed by atoms with Gasteiger partial charge in [0.15, 0.2) is 6.20 Å². The number of fused-ring (bicyclic) bond motifs is 1. The average Bonchev–Trinajstić information content (AvgIpc) is 3.59. The molecule has 0 saturated heterocycles. The Labute approximate surface area is 208 Å². The lowest BCUT2D eigenvalue weighted by molar-refractivity contribution is -0.578. The van der Waals surface area contributed by atoms with Gasteiger partial charge in [0, 0.05) is 23.4 Å². The second-order valence-corrected chi connectivity index (χ2v) is 8.91. The lowest BCUT2D eigenvalue weighted by Crippen LogP contribution is -2.37. The third-order valence-electron chi connectivity index (χ3n) is 5.55. The number of H-pyrrole nitrogens is 2. The van der Waals surface area contributed by atoms with E-state index < -0.39 is 12.1 Å². The molecule has 1 aliphatic carbocycles. The summed E-state index contributed by atoms with van der Waals surface area (Å²) in [5, 5.41) is 24.0. The number of amides is 1. The molecule has 3 N–H and O–H groups in total. The largest absolute Gasteiger partial charge is 0.542 e. The number of carbonyl (C=O) groups is 2.